The molecule has 0 radical (unpaired) electrons. The normalized spacial score (nSPS) is 24.0. The Labute approximate surface area is 268 Å². The van der Waals surface area contributed by atoms with E-state index in [1.54, 1.807) is 18.9 Å². The van der Waals surface area contributed by atoms with Gasteiger partial charge < -0.3 is 30.7 Å². The molecule has 254 valence electrons. The number of hydrogen-bond donors (Lipinski definition) is 3. The molecule has 2 aromatic heterocycles. The molecule has 1 amide bonds. The first kappa shape index (κ1) is 32.9. The van der Waals surface area contributed by atoms with Gasteiger partial charge in [-0.2, -0.15) is 23.1 Å². The maximum atomic E-state index is 16.6. The fraction of sp³-hybridized carbons (Fsp3) is 0.548. The van der Waals surface area contributed by atoms with Gasteiger partial charge >= 0.3 is 12.2 Å². The number of carbonyl (C=O) groups excluding carboxylic acids is 1. The van der Waals surface area contributed by atoms with Gasteiger partial charge in [-0.05, 0) is 58.2 Å². The van der Waals surface area contributed by atoms with E-state index in [9.17, 15) is 22.4 Å². The molecule has 6 rings (SSSR count). The second-order valence-electron chi connectivity index (χ2n) is 12.6. The van der Waals surface area contributed by atoms with Crippen LogP contribution in [0.2, 0.25) is 0 Å². The van der Waals surface area contributed by atoms with E-state index >= 15 is 4.39 Å². The molecule has 2 fully saturated rings. The molecule has 4 N–H and O–H groups in total. The first-order valence-electron chi connectivity index (χ1n) is 15.6. The van der Waals surface area contributed by atoms with Crippen LogP contribution in [0.1, 0.15) is 44.2 Å². The van der Waals surface area contributed by atoms with Crippen LogP contribution in [0.3, 0.4) is 0 Å². The van der Waals surface area contributed by atoms with Crippen LogP contribution in [-0.2, 0) is 11.0 Å². The number of amides is 1. The highest BCUT2D eigenvalue weighted by molar-refractivity contribution is 5.96. The van der Waals surface area contributed by atoms with E-state index in [0.717, 1.165) is 25.8 Å². The molecular weight excluding hydrogens is 627 g/mol. The van der Waals surface area contributed by atoms with Crippen LogP contribution in [0.4, 0.5) is 33.5 Å². The zero-order valence-electron chi connectivity index (χ0n) is 26.5. The molecule has 3 aliphatic heterocycles. The zero-order valence-corrected chi connectivity index (χ0v) is 26.5. The minimum absolute atomic E-state index is 0.000398. The van der Waals surface area contributed by atoms with Crippen molar-refractivity contribution in [3.8, 4) is 23.1 Å². The molecule has 47 heavy (non-hydrogen) atoms. The van der Waals surface area contributed by atoms with Gasteiger partial charge in [0.15, 0.2) is 5.82 Å². The Kier molecular flexibility index (Phi) is 8.76. The molecule has 4 atom stereocenters. The van der Waals surface area contributed by atoms with Crippen LogP contribution in [0, 0.1) is 18.6 Å². The fourth-order valence-corrected chi connectivity index (χ4v) is 6.57. The van der Waals surface area contributed by atoms with Crippen molar-refractivity contribution >= 4 is 28.3 Å². The maximum absolute atomic E-state index is 16.6. The summed E-state index contributed by atoms with van der Waals surface area (Å²) >= 11 is 0. The monoisotopic (exact) mass is 664 g/mol. The van der Waals surface area contributed by atoms with E-state index in [4.69, 9.17) is 15.2 Å². The minimum atomic E-state index is -5.07. The molecule has 0 aliphatic carbocycles. The molecule has 0 bridgehead atoms. The predicted molar refractivity (Wildman–Crippen MR) is 164 cm³/mol. The van der Waals surface area contributed by atoms with Crippen LogP contribution in [-0.4, -0.2) is 94.7 Å². The van der Waals surface area contributed by atoms with Gasteiger partial charge in [0, 0.05) is 43.8 Å². The topological polar surface area (TPSA) is 131 Å². The van der Waals surface area contributed by atoms with Crippen molar-refractivity contribution in [1.82, 2.24) is 30.1 Å². The number of aromatic nitrogens is 3. The summed E-state index contributed by atoms with van der Waals surface area (Å²) < 4.78 is 86.5. The lowest BCUT2D eigenvalue weighted by molar-refractivity contribution is -0.138. The molecule has 0 saturated carbocycles. The number of ether oxygens (including phenoxy) is 2. The van der Waals surface area contributed by atoms with Crippen molar-refractivity contribution in [1.29, 1.82) is 0 Å². The van der Waals surface area contributed by atoms with Gasteiger partial charge in [-0.1, -0.05) is 0 Å². The predicted octanol–water partition coefficient (Wildman–Crippen LogP) is 4.12. The van der Waals surface area contributed by atoms with Crippen molar-refractivity contribution in [2.75, 3.05) is 50.9 Å². The smallest absolute Gasteiger partial charge is 0.417 e. The summed E-state index contributed by atoms with van der Waals surface area (Å²) in [6.45, 7) is 6.49. The first-order chi connectivity index (χ1) is 22.2. The van der Waals surface area contributed by atoms with Gasteiger partial charge in [0.05, 0.1) is 23.9 Å². The lowest BCUT2D eigenvalue weighted by Crippen LogP contribution is -2.55. The van der Waals surface area contributed by atoms with E-state index in [1.807, 2.05) is 6.92 Å². The number of fused-ring (bicyclic) bond motifs is 1. The number of pyridine rings is 1. The number of likely N-dealkylation sites (N-methyl/N-ethyl adjacent to an activating group) is 1. The number of benzene rings is 1. The first-order valence-corrected chi connectivity index (χ1v) is 15.6. The van der Waals surface area contributed by atoms with E-state index in [1.165, 1.54) is 0 Å². The summed E-state index contributed by atoms with van der Waals surface area (Å²) in [6.07, 6.45) is -3.42. The van der Waals surface area contributed by atoms with Crippen LogP contribution in [0.5, 0.6) is 11.9 Å². The Morgan fingerprint density at radius 3 is 2.64 bits per heavy atom. The van der Waals surface area contributed by atoms with E-state index in [2.05, 4.69) is 30.5 Å². The second-order valence-corrected chi connectivity index (χ2v) is 12.6. The number of alkyl halides is 3. The summed E-state index contributed by atoms with van der Waals surface area (Å²) in [4.78, 5) is 29.3. The number of nitrogens with one attached hydrogen (secondary N) is 2. The molecular formula is C31H37F5N8O3. The van der Waals surface area contributed by atoms with Gasteiger partial charge in [-0.15, -0.1) is 0 Å². The third kappa shape index (κ3) is 6.32. The standard InChI is InChI=1S/C31H37F5N8O3/c1-14-10-39-28-22-27(41-30(42-28)46-13-18-6-5-17-11-43(4)21(45)12-44(17)18)25(33)26(40-29(22)47-15(2)7-8-38-14)19-9-20(37)24(32)16(3)23(19)31(34,35)36/h9,14-15,17-18,38H,5-8,10-13,37H2,1-4H3,(H,39,41,42)/t14?,15-,17-,18?/m0/s1. The lowest BCUT2D eigenvalue weighted by Gasteiger charge is -2.37. The number of nitrogen functional groups attached to an aromatic ring is 1. The van der Waals surface area contributed by atoms with Crippen LogP contribution < -0.4 is 25.8 Å². The molecule has 16 heteroatoms. The molecule has 1 aromatic carbocycles. The van der Waals surface area contributed by atoms with Gasteiger partial charge in [0.1, 0.15) is 34.8 Å². The van der Waals surface area contributed by atoms with Gasteiger partial charge in [0.2, 0.25) is 11.8 Å². The molecule has 2 unspecified atom stereocenters. The Morgan fingerprint density at radius 1 is 1.13 bits per heavy atom. The summed E-state index contributed by atoms with van der Waals surface area (Å²) in [7, 11) is 1.77. The molecule has 2 saturated heterocycles. The summed E-state index contributed by atoms with van der Waals surface area (Å²) in [6, 6.07) is 0.525. The maximum Gasteiger partial charge on any atom is 0.417 e. The zero-order chi connectivity index (χ0) is 33.8. The Balaban J connectivity index is 1.49. The van der Waals surface area contributed by atoms with E-state index in [-0.39, 0.29) is 60.3 Å². The second kappa shape index (κ2) is 12.5. The summed E-state index contributed by atoms with van der Waals surface area (Å²) in [5.41, 5.74) is 1.05. The van der Waals surface area contributed by atoms with Crippen LogP contribution in [0.25, 0.3) is 22.2 Å². The summed E-state index contributed by atoms with van der Waals surface area (Å²) in [5, 5.41) is 6.54. The largest absolute Gasteiger partial charge is 0.474 e. The molecule has 11 nitrogen and oxygen atoms in total. The average Bonchev–Trinajstić information content (AvgIpc) is 3.38. The molecule has 0 spiro atoms. The van der Waals surface area contributed by atoms with Gasteiger partial charge in [-0.25, -0.2) is 13.8 Å². The highest BCUT2D eigenvalue weighted by atomic mass is 19.4. The molecule has 3 aromatic rings. The Hall–Kier alpha value is -4.05. The summed E-state index contributed by atoms with van der Waals surface area (Å²) in [5.74, 6) is -2.55. The van der Waals surface area contributed by atoms with Crippen molar-refractivity contribution < 1.29 is 36.2 Å². The third-order valence-corrected chi connectivity index (χ3v) is 9.13. The number of nitrogens with zero attached hydrogens (tertiary/aromatic N) is 5. The van der Waals surface area contributed by atoms with Crippen molar-refractivity contribution in [2.45, 2.75) is 70.4 Å². The van der Waals surface area contributed by atoms with Crippen molar-refractivity contribution in [3.05, 3.63) is 28.8 Å². The van der Waals surface area contributed by atoms with Gasteiger partial charge in [0.25, 0.3) is 0 Å². The molecule has 5 heterocycles. The van der Waals surface area contributed by atoms with E-state index < -0.39 is 57.5 Å². The number of halogens is 5. The highest BCUT2D eigenvalue weighted by Gasteiger charge is 2.41. The number of carbonyl (C=O) groups is 1. The minimum Gasteiger partial charge on any atom is -0.474 e. The number of rotatable bonds is 4. The number of anilines is 2. The lowest BCUT2D eigenvalue weighted by atomic mass is 9.96. The number of piperazine rings is 1. The van der Waals surface area contributed by atoms with Gasteiger partial charge in [-0.3, -0.25) is 9.69 Å². The number of hydrogen-bond acceptors (Lipinski definition) is 10. The quantitative estimate of drug-likeness (QED) is 0.277. The van der Waals surface area contributed by atoms with Crippen molar-refractivity contribution in [2.24, 2.45) is 0 Å². The molecule has 3 aliphatic rings. The van der Waals surface area contributed by atoms with Crippen LogP contribution in [0.15, 0.2) is 6.07 Å². The highest BCUT2D eigenvalue weighted by Crippen LogP contribution is 2.45. The SMILES string of the molecule is Cc1c(F)c(N)cc(-c2nc3c4c(nc(OCC5CC[C@H]6CN(C)C(=O)CN56)nc4c2F)NCC(C)NCC[C@H](C)O3)c1C(F)(F)F. The van der Waals surface area contributed by atoms with Crippen molar-refractivity contribution in [3.63, 3.8) is 0 Å². The fourth-order valence-electron chi connectivity index (χ4n) is 6.57. The third-order valence-electron chi connectivity index (χ3n) is 9.13. The number of nitrogens with two attached hydrogens (primary N) is 1. The van der Waals surface area contributed by atoms with E-state index in [0.29, 0.717) is 26.1 Å². The Morgan fingerprint density at radius 2 is 1.89 bits per heavy atom. The Bertz CT molecular complexity index is 1710. The average molecular weight is 665 g/mol. The van der Waals surface area contributed by atoms with Crippen LogP contribution >= 0.6 is 0 Å².